The summed E-state index contributed by atoms with van der Waals surface area (Å²) < 4.78 is 5.94. The molecule has 0 bridgehead atoms. The number of hydrogen-bond acceptors (Lipinski definition) is 3. The van der Waals surface area contributed by atoms with E-state index in [1.807, 2.05) is 73.8 Å². The summed E-state index contributed by atoms with van der Waals surface area (Å²) in [4.78, 5) is 14.4. The number of para-hydroxylation sites is 1. The average Bonchev–Trinajstić information content (AvgIpc) is 2.72. The van der Waals surface area contributed by atoms with Crippen molar-refractivity contribution in [2.24, 2.45) is 0 Å². The molecule has 27 heavy (non-hydrogen) atoms. The van der Waals surface area contributed by atoms with Crippen molar-refractivity contribution in [1.82, 2.24) is 4.90 Å². The van der Waals surface area contributed by atoms with Gasteiger partial charge in [0.05, 0.1) is 12.2 Å². The fraction of sp³-hybridized carbons (Fsp3) is 0.174. The maximum Gasteiger partial charge on any atom is 0.257 e. The van der Waals surface area contributed by atoms with Crippen LogP contribution in [0, 0.1) is 0 Å². The van der Waals surface area contributed by atoms with E-state index in [9.17, 15) is 4.79 Å². The van der Waals surface area contributed by atoms with Crippen LogP contribution in [0.15, 0.2) is 78.9 Å². The van der Waals surface area contributed by atoms with E-state index in [4.69, 9.17) is 4.74 Å². The predicted molar refractivity (Wildman–Crippen MR) is 107 cm³/mol. The van der Waals surface area contributed by atoms with Crippen LogP contribution < -0.4 is 10.1 Å². The number of nitrogens with one attached hydrogen (secondary N) is 1. The van der Waals surface area contributed by atoms with E-state index in [0.29, 0.717) is 12.2 Å². The minimum absolute atomic E-state index is 0.0183. The van der Waals surface area contributed by atoms with E-state index in [0.717, 1.165) is 23.4 Å². The van der Waals surface area contributed by atoms with Crippen LogP contribution in [-0.2, 0) is 6.42 Å². The lowest BCUT2D eigenvalue weighted by atomic mass is 10.0. The number of amides is 1. The molecule has 0 saturated carbocycles. The zero-order valence-electron chi connectivity index (χ0n) is 15.3. The monoisotopic (exact) mass is 358 g/mol. The van der Waals surface area contributed by atoms with Crippen LogP contribution in [0.1, 0.15) is 27.7 Å². The van der Waals surface area contributed by atoms with Gasteiger partial charge in [-0.2, -0.15) is 0 Å². The van der Waals surface area contributed by atoms with Gasteiger partial charge in [-0.05, 0) is 35.4 Å². The Morgan fingerprint density at radius 2 is 1.74 bits per heavy atom. The van der Waals surface area contributed by atoms with Gasteiger partial charge in [-0.25, -0.2) is 0 Å². The van der Waals surface area contributed by atoms with Crippen molar-refractivity contribution in [3.8, 4) is 5.75 Å². The first kappa shape index (κ1) is 17.2. The van der Waals surface area contributed by atoms with Gasteiger partial charge in [-0.1, -0.05) is 54.6 Å². The van der Waals surface area contributed by atoms with E-state index in [2.05, 4.69) is 17.4 Å². The number of hydrogen-bond donors (Lipinski definition) is 1. The van der Waals surface area contributed by atoms with Crippen LogP contribution in [0.3, 0.4) is 0 Å². The first-order valence-corrected chi connectivity index (χ1v) is 9.12. The van der Waals surface area contributed by atoms with Gasteiger partial charge < -0.3 is 15.0 Å². The Kier molecular flexibility index (Phi) is 4.79. The Morgan fingerprint density at radius 3 is 2.59 bits per heavy atom. The number of carbonyl (C=O) groups excluding carboxylic acids is 1. The molecule has 1 heterocycles. The van der Waals surface area contributed by atoms with Gasteiger partial charge in [-0.15, -0.1) is 0 Å². The van der Waals surface area contributed by atoms with Crippen LogP contribution in [0.5, 0.6) is 5.75 Å². The summed E-state index contributed by atoms with van der Waals surface area (Å²) in [5, 5.41) is 3.45. The molecule has 4 nitrogen and oxygen atoms in total. The third kappa shape index (κ3) is 3.65. The smallest absolute Gasteiger partial charge is 0.257 e. The van der Waals surface area contributed by atoms with Crippen molar-refractivity contribution in [2.75, 3.05) is 19.0 Å². The van der Waals surface area contributed by atoms with Gasteiger partial charge in [0.1, 0.15) is 11.9 Å². The quantitative estimate of drug-likeness (QED) is 0.730. The van der Waals surface area contributed by atoms with E-state index >= 15 is 0 Å². The standard InChI is InChI=1S/C23H22N2O2/c1-25-22(24-21-13-6-5-12-20(21)23(25)26)18-10-7-11-19(16-18)27-15-14-17-8-3-2-4-9-17/h2-13,16,22,24H,14-15H2,1H3. The van der Waals surface area contributed by atoms with Gasteiger partial charge in [0.25, 0.3) is 5.91 Å². The fourth-order valence-electron chi connectivity index (χ4n) is 3.36. The Hall–Kier alpha value is -3.27. The molecule has 1 aliphatic heterocycles. The molecule has 0 spiro atoms. The topological polar surface area (TPSA) is 41.6 Å². The first-order valence-electron chi connectivity index (χ1n) is 9.12. The SMILES string of the molecule is CN1C(=O)c2ccccc2NC1c1cccc(OCCc2ccccc2)c1. The van der Waals surface area contributed by atoms with E-state index in [1.165, 1.54) is 5.56 Å². The van der Waals surface area contributed by atoms with Gasteiger partial charge in [0.15, 0.2) is 0 Å². The maximum atomic E-state index is 12.7. The zero-order valence-corrected chi connectivity index (χ0v) is 15.3. The van der Waals surface area contributed by atoms with Gasteiger partial charge in [0, 0.05) is 19.2 Å². The molecule has 3 aromatic carbocycles. The van der Waals surface area contributed by atoms with Gasteiger partial charge >= 0.3 is 0 Å². The van der Waals surface area contributed by atoms with E-state index in [-0.39, 0.29) is 12.1 Å². The molecule has 0 fully saturated rings. The largest absolute Gasteiger partial charge is 0.493 e. The molecule has 3 aromatic rings. The second-order valence-electron chi connectivity index (χ2n) is 6.67. The molecule has 1 amide bonds. The maximum absolute atomic E-state index is 12.7. The van der Waals surface area contributed by atoms with Crippen LogP contribution in [-0.4, -0.2) is 24.5 Å². The summed E-state index contributed by atoms with van der Waals surface area (Å²) in [5.41, 5.74) is 3.81. The molecule has 1 aliphatic rings. The molecule has 4 heteroatoms. The lowest BCUT2D eigenvalue weighted by molar-refractivity contribution is 0.0735. The molecular weight excluding hydrogens is 336 g/mol. The third-order valence-electron chi connectivity index (χ3n) is 4.83. The summed E-state index contributed by atoms with van der Waals surface area (Å²) >= 11 is 0. The second-order valence-corrected chi connectivity index (χ2v) is 6.67. The van der Waals surface area contributed by atoms with E-state index in [1.54, 1.807) is 4.90 Å². The Morgan fingerprint density at radius 1 is 0.963 bits per heavy atom. The minimum atomic E-state index is -0.218. The summed E-state index contributed by atoms with van der Waals surface area (Å²) in [7, 11) is 1.82. The Balaban J connectivity index is 1.48. The molecule has 0 saturated heterocycles. The molecule has 1 unspecified atom stereocenters. The van der Waals surface area contributed by atoms with Crippen molar-refractivity contribution in [2.45, 2.75) is 12.6 Å². The third-order valence-corrected chi connectivity index (χ3v) is 4.83. The summed E-state index contributed by atoms with van der Waals surface area (Å²) in [6, 6.07) is 25.8. The molecule has 0 aliphatic carbocycles. The molecule has 0 aromatic heterocycles. The van der Waals surface area contributed by atoms with Crippen molar-refractivity contribution >= 4 is 11.6 Å². The molecular formula is C23H22N2O2. The Labute approximate surface area is 159 Å². The number of rotatable bonds is 5. The van der Waals surface area contributed by atoms with Crippen molar-refractivity contribution in [1.29, 1.82) is 0 Å². The number of fused-ring (bicyclic) bond motifs is 1. The van der Waals surface area contributed by atoms with Crippen LogP contribution in [0.4, 0.5) is 5.69 Å². The second kappa shape index (κ2) is 7.54. The molecule has 0 radical (unpaired) electrons. The van der Waals surface area contributed by atoms with Crippen molar-refractivity contribution < 1.29 is 9.53 Å². The highest BCUT2D eigenvalue weighted by molar-refractivity contribution is 6.01. The van der Waals surface area contributed by atoms with Crippen LogP contribution in [0.2, 0.25) is 0 Å². The highest BCUT2D eigenvalue weighted by Gasteiger charge is 2.29. The normalized spacial score (nSPS) is 15.8. The Bertz CT molecular complexity index is 940. The number of anilines is 1. The summed E-state index contributed by atoms with van der Waals surface area (Å²) in [5.74, 6) is 0.828. The molecule has 136 valence electrons. The number of carbonyl (C=O) groups is 1. The van der Waals surface area contributed by atoms with Gasteiger partial charge in [0.2, 0.25) is 0 Å². The lowest BCUT2D eigenvalue weighted by Crippen LogP contribution is -2.40. The highest BCUT2D eigenvalue weighted by atomic mass is 16.5. The molecule has 1 atom stereocenters. The zero-order chi connectivity index (χ0) is 18.6. The average molecular weight is 358 g/mol. The van der Waals surface area contributed by atoms with Crippen LogP contribution in [0.25, 0.3) is 0 Å². The summed E-state index contributed by atoms with van der Waals surface area (Å²) in [6.07, 6.45) is 0.642. The number of ether oxygens (including phenoxy) is 1. The van der Waals surface area contributed by atoms with Crippen LogP contribution >= 0.6 is 0 Å². The van der Waals surface area contributed by atoms with Gasteiger partial charge in [-0.3, -0.25) is 4.79 Å². The van der Waals surface area contributed by atoms with Crippen molar-refractivity contribution in [3.05, 3.63) is 95.6 Å². The number of benzene rings is 3. The summed E-state index contributed by atoms with van der Waals surface area (Å²) in [6.45, 7) is 0.614. The minimum Gasteiger partial charge on any atom is -0.493 e. The number of nitrogens with zero attached hydrogens (tertiary/aromatic N) is 1. The fourth-order valence-corrected chi connectivity index (χ4v) is 3.36. The molecule has 1 N–H and O–H groups in total. The molecule has 4 rings (SSSR count). The first-order chi connectivity index (χ1) is 13.2. The lowest BCUT2D eigenvalue weighted by Gasteiger charge is -2.35. The highest BCUT2D eigenvalue weighted by Crippen LogP contribution is 2.32. The van der Waals surface area contributed by atoms with E-state index < -0.39 is 0 Å². The predicted octanol–water partition coefficient (Wildman–Crippen LogP) is 4.50. The van der Waals surface area contributed by atoms with Crippen molar-refractivity contribution in [3.63, 3.8) is 0 Å².